The summed E-state index contributed by atoms with van der Waals surface area (Å²) in [7, 11) is 0. The number of aromatic nitrogens is 2. The number of pyridine rings is 1. The minimum absolute atomic E-state index is 0. The molecule has 308 valence electrons. The number of aryl methyl sites for hydroxylation is 1. The van der Waals surface area contributed by atoms with Crippen molar-refractivity contribution in [3.8, 4) is 39.6 Å². The number of anilines is 4. The maximum atomic E-state index is 6.96. The van der Waals surface area contributed by atoms with E-state index in [4.69, 9.17) is 9.72 Å². The summed E-state index contributed by atoms with van der Waals surface area (Å²) in [6.45, 7) is 15.6. The molecule has 0 fully saturated rings. The molecular formula is C56H45N4OPt-3. The van der Waals surface area contributed by atoms with Crippen LogP contribution < -0.4 is 14.5 Å². The van der Waals surface area contributed by atoms with Gasteiger partial charge in [0.25, 0.3) is 0 Å². The van der Waals surface area contributed by atoms with Gasteiger partial charge in [-0.05, 0) is 68.8 Å². The number of rotatable bonds is 7. The third kappa shape index (κ3) is 6.28. The van der Waals surface area contributed by atoms with Crippen LogP contribution in [0.25, 0.3) is 49.9 Å². The Bertz CT molecular complexity index is 3120. The first-order valence-electron chi connectivity index (χ1n) is 21.0. The molecule has 9 aromatic rings. The molecule has 0 amide bonds. The Hall–Kier alpha value is -6.42. The maximum Gasteiger partial charge on any atom is 0.135 e. The number of fused-ring (bicyclic) bond motifs is 1. The number of hydrogen-bond acceptors (Lipinski definition) is 4. The third-order valence-electron chi connectivity index (χ3n) is 12.6. The van der Waals surface area contributed by atoms with Crippen LogP contribution in [0.4, 0.5) is 22.7 Å². The van der Waals surface area contributed by atoms with Crippen molar-refractivity contribution in [3.05, 3.63) is 199 Å². The number of nitrogens with zero attached hydrogens (tertiary/aromatic N) is 4. The summed E-state index contributed by atoms with van der Waals surface area (Å²) in [5, 5.41) is 2.49. The van der Waals surface area contributed by atoms with Crippen LogP contribution in [0.15, 0.2) is 158 Å². The molecule has 0 spiro atoms. The Kier molecular flexibility index (Phi) is 9.53. The van der Waals surface area contributed by atoms with Crippen LogP contribution in [-0.4, -0.2) is 9.55 Å². The topological polar surface area (TPSA) is 33.5 Å². The van der Waals surface area contributed by atoms with E-state index in [1.807, 2.05) is 6.20 Å². The second kappa shape index (κ2) is 14.9. The first-order valence-corrected chi connectivity index (χ1v) is 21.0. The zero-order valence-electron chi connectivity index (χ0n) is 35.6. The minimum Gasteiger partial charge on any atom is -0.509 e. The SMILES string of the molecule is Cc1ccc(N2[CH-]N(c3c(-c4ccccc4)cccc3-c3ccccc3)c3ccccc32)[c-]c1Oc1[c-]c2c3c(c1)C(C)(C)c1cccc(c13)n2-c1cc(C(C)(C)C)ccn1.[Pt]. The van der Waals surface area contributed by atoms with Gasteiger partial charge in [-0.3, -0.25) is 0 Å². The molecule has 11 rings (SSSR count). The van der Waals surface area contributed by atoms with Crippen LogP contribution in [0.5, 0.6) is 11.5 Å². The molecule has 0 saturated carbocycles. The molecule has 0 bridgehead atoms. The standard InChI is InChI=1S/C56H45N4O.Pt/c1-36-27-28-40(58-35-59(47-25-14-13-24-46(47)58)54-42(37-17-9-7-10-18-37)21-15-22-43(54)38-19-11-8-12-20-38)32-50(36)61-41-33-45-53-49(34-41)60(51-31-39(29-30-57-51)55(2,3)4)48-26-16-23-44(52(48)53)56(45,5)6;/h7-31,33,35H,1-6H3;/q-3;. The Labute approximate surface area is 378 Å². The maximum absolute atomic E-state index is 6.96. The molecule has 0 N–H and O–H groups in total. The summed E-state index contributed by atoms with van der Waals surface area (Å²) < 4.78 is 9.23. The number of ether oxygens (including phenoxy) is 1. The van der Waals surface area contributed by atoms with Crippen molar-refractivity contribution in [1.82, 2.24) is 9.55 Å². The average molecular weight is 985 g/mol. The van der Waals surface area contributed by atoms with Crippen molar-refractivity contribution in [3.63, 3.8) is 0 Å². The zero-order chi connectivity index (χ0) is 41.6. The fourth-order valence-electron chi connectivity index (χ4n) is 9.41. The van der Waals surface area contributed by atoms with E-state index >= 15 is 0 Å². The number of hydrogen-bond donors (Lipinski definition) is 0. The van der Waals surface area contributed by atoms with E-state index in [-0.39, 0.29) is 31.9 Å². The fraction of sp³-hybridized carbons (Fsp3) is 0.143. The van der Waals surface area contributed by atoms with Crippen molar-refractivity contribution >= 4 is 44.6 Å². The van der Waals surface area contributed by atoms with Gasteiger partial charge in [0.15, 0.2) is 0 Å². The van der Waals surface area contributed by atoms with Crippen molar-refractivity contribution in [2.75, 3.05) is 9.80 Å². The Balaban J connectivity index is 0.00000458. The van der Waals surface area contributed by atoms with Crippen LogP contribution in [0.1, 0.15) is 56.9 Å². The monoisotopic (exact) mass is 984 g/mol. The predicted octanol–water partition coefficient (Wildman–Crippen LogP) is 14.6. The van der Waals surface area contributed by atoms with E-state index in [0.29, 0.717) is 11.5 Å². The molecular weight excluding hydrogens is 940 g/mol. The van der Waals surface area contributed by atoms with E-state index < -0.39 is 0 Å². The summed E-state index contributed by atoms with van der Waals surface area (Å²) in [5.41, 5.74) is 15.4. The molecule has 3 heterocycles. The van der Waals surface area contributed by atoms with Gasteiger partial charge in [0.2, 0.25) is 0 Å². The average Bonchev–Trinajstić information content (AvgIpc) is 3.90. The first-order chi connectivity index (χ1) is 29.6. The fourth-order valence-corrected chi connectivity index (χ4v) is 9.41. The van der Waals surface area contributed by atoms with Gasteiger partial charge in [0.1, 0.15) is 5.82 Å². The van der Waals surface area contributed by atoms with Gasteiger partial charge in [-0.15, -0.1) is 47.7 Å². The Morgan fingerprint density at radius 2 is 1.29 bits per heavy atom. The summed E-state index contributed by atoms with van der Waals surface area (Å²) in [5.74, 6) is 2.19. The Morgan fingerprint density at radius 3 is 1.97 bits per heavy atom. The van der Waals surface area contributed by atoms with Gasteiger partial charge in [-0.1, -0.05) is 156 Å². The first kappa shape index (κ1) is 39.7. The predicted molar refractivity (Wildman–Crippen MR) is 251 cm³/mol. The molecule has 0 saturated heterocycles. The smallest absolute Gasteiger partial charge is 0.135 e. The molecule has 0 atom stereocenters. The van der Waals surface area contributed by atoms with Gasteiger partial charge >= 0.3 is 0 Å². The van der Waals surface area contributed by atoms with E-state index in [1.165, 1.54) is 27.5 Å². The van der Waals surface area contributed by atoms with Crippen LogP contribution in [-0.2, 0) is 31.9 Å². The van der Waals surface area contributed by atoms with Gasteiger partial charge in [0.05, 0.1) is 0 Å². The number of para-hydroxylation sites is 3. The molecule has 62 heavy (non-hydrogen) atoms. The summed E-state index contributed by atoms with van der Waals surface area (Å²) >= 11 is 0. The van der Waals surface area contributed by atoms with Gasteiger partial charge in [-0.2, -0.15) is 6.07 Å². The van der Waals surface area contributed by atoms with Crippen LogP contribution in [0, 0.1) is 25.7 Å². The number of benzene rings is 7. The molecule has 1 aliphatic heterocycles. The largest absolute Gasteiger partial charge is 0.509 e. The molecule has 6 heteroatoms. The van der Waals surface area contributed by atoms with E-state index in [1.54, 1.807) is 0 Å². The zero-order valence-corrected chi connectivity index (χ0v) is 37.9. The van der Waals surface area contributed by atoms with Crippen molar-refractivity contribution in [1.29, 1.82) is 0 Å². The second-order valence-electron chi connectivity index (χ2n) is 17.8. The minimum atomic E-state index is -0.220. The molecule has 1 aliphatic carbocycles. The molecule has 2 aromatic heterocycles. The second-order valence-corrected chi connectivity index (χ2v) is 17.8. The molecule has 5 nitrogen and oxygen atoms in total. The molecule has 7 aromatic carbocycles. The molecule has 2 aliphatic rings. The van der Waals surface area contributed by atoms with Crippen LogP contribution >= 0.6 is 0 Å². The quantitative estimate of drug-likeness (QED) is 0.149. The van der Waals surface area contributed by atoms with Crippen LogP contribution in [0.3, 0.4) is 0 Å². The van der Waals surface area contributed by atoms with Crippen molar-refractivity contribution in [2.45, 2.75) is 52.4 Å². The molecule has 0 unspecified atom stereocenters. The van der Waals surface area contributed by atoms with Gasteiger partial charge in [-0.25, -0.2) is 4.98 Å². The summed E-state index contributed by atoms with van der Waals surface area (Å²) in [4.78, 5) is 9.49. The van der Waals surface area contributed by atoms with Crippen LogP contribution in [0.2, 0.25) is 0 Å². The van der Waals surface area contributed by atoms with Crippen molar-refractivity contribution < 1.29 is 25.8 Å². The van der Waals surface area contributed by atoms with Gasteiger partial charge in [0, 0.05) is 72.5 Å². The van der Waals surface area contributed by atoms with E-state index in [2.05, 4.69) is 226 Å². The molecule has 0 radical (unpaired) electrons. The van der Waals surface area contributed by atoms with E-state index in [0.717, 1.165) is 67.4 Å². The summed E-state index contributed by atoms with van der Waals surface area (Å²) in [6, 6.07) is 61.4. The van der Waals surface area contributed by atoms with Gasteiger partial charge < -0.3 is 19.1 Å². The van der Waals surface area contributed by atoms with E-state index in [9.17, 15) is 0 Å². The summed E-state index contributed by atoms with van der Waals surface area (Å²) in [6.07, 6.45) is 1.93. The normalized spacial score (nSPS) is 13.8. The van der Waals surface area contributed by atoms with Crippen molar-refractivity contribution in [2.24, 2.45) is 0 Å². The third-order valence-corrected chi connectivity index (χ3v) is 12.6. The Morgan fingerprint density at radius 1 is 0.645 bits per heavy atom.